The van der Waals surface area contributed by atoms with Crippen LogP contribution in [0.1, 0.15) is 10.4 Å². The summed E-state index contributed by atoms with van der Waals surface area (Å²) in [7, 11) is 0. The second kappa shape index (κ2) is 5.88. The molecule has 0 heterocycles. The van der Waals surface area contributed by atoms with E-state index in [9.17, 15) is 4.79 Å². The summed E-state index contributed by atoms with van der Waals surface area (Å²) in [4.78, 5) is 12.3. The number of benzene rings is 3. The molecule has 3 rings (SSSR count). The minimum absolute atomic E-state index is 0.225. The molecular weight excluding hydrogens is 350 g/mol. The molecule has 0 aliphatic carbocycles. The fraction of sp³-hybridized carbons (Fsp3) is 0. The zero-order chi connectivity index (χ0) is 14.8. The normalized spacial score (nSPS) is 10.6. The van der Waals surface area contributed by atoms with E-state index in [4.69, 9.17) is 11.6 Å². The first-order chi connectivity index (χ1) is 10.1. The Kier molecular flexibility index (Phi) is 3.95. The van der Waals surface area contributed by atoms with E-state index in [1.165, 1.54) is 0 Å². The molecule has 0 saturated heterocycles. The third-order valence-corrected chi connectivity index (χ3v) is 4.50. The summed E-state index contributed by atoms with van der Waals surface area (Å²) in [5.74, 6) is -0.225. The van der Waals surface area contributed by atoms with E-state index in [1.807, 2.05) is 42.5 Å². The van der Waals surface area contributed by atoms with E-state index >= 15 is 0 Å². The Morgan fingerprint density at radius 1 is 0.952 bits per heavy atom. The topological polar surface area (TPSA) is 29.1 Å². The summed E-state index contributed by atoms with van der Waals surface area (Å²) in [5.41, 5.74) is 1.19. The molecule has 0 aliphatic heterocycles. The smallest absolute Gasteiger partial charge is 0.257 e. The first-order valence-corrected chi connectivity index (χ1v) is 7.56. The molecule has 0 atom stereocenters. The predicted octanol–water partition coefficient (Wildman–Crippen LogP) is 5.51. The standard InChI is InChI=1S/C17H11BrClNO/c18-15-7-3-6-14(16(15)19)17(21)20-13-9-8-11-4-1-2-5-12(11)10-13/h1-10H,(H,20,21). The maximum absolute atomic E-state index is 12.3. The summed E-state index contributed by atoms with van der Waals surface area (Å²) in [6.45, 7) is 0. The molecule has 0 aromatic heterocycles. The number of amides is 1. The lowest BCUT2D eigenvalue weighted by molar-refractivity contribution is 0.102. The van der Waals surface area contributed by atoms with E-state index in [2.05, 4.69) is 21.2 Å². The molecule has 0 bridgehead atoms. The Labute approximate surface area is 135 Å². The van der Waals surface area contributed by atoms with Gasteiger partial charge >= 0.3 is 0 Å². The van der Waals surface area contributed by atoms with E-state index in [0.29, 0.717) is 15.1 Å². The molecule has 1 amide bonds. The van der Waals surface area contributed by atoms with Crippen LogP contribution < -0.4 is 5.32 Å². The monoisotopic (exact) mass is 359 g/mol. The molecular formula is C17H11BrClNO. The van der Waals surface area contributed by atoms with Crippen molar-refractivity contribution >= 4 is 49.9 Å². The molecule has 3 aromatic carbocycles. The lowest BCUT2D eigenvalue weighted by Crippen LogP contribution is -2.12. The molecule has 1 N–H and O–H groups in total. The van der Waals surface area contributed by atoms with Crippen molar-refractivity contribution < 1.29 is 4.79 Å². The number of anilines is 1. The third kappa shape index (κ3) is 2.94. The van der Waals surface area contributed by atoms with Crippen LogP contribution in [0.4, 0.5) is 5.69 Å². The number of rotatable bonds is 2. The predicted molar refractivity (Wildman–Crippen MR) is 91.1 cm³/mol. The molecule has 3 aromatic rings. The summed E-state index contributed by atoms with van der Waals surface area (Å²) in [6.07, 6.45) is 0. The molecule has 2 nitrogen and oxygen atoms in total. The van der Waals surface area contributed by atoms with Crippen LogP contribution in [0.15, 0.2) is 65.1 Å². The molecule has 0 saturated carbocycles. The molecule has 21 heavy (non-hydrogen) atoms. The van der Waals surface area contributed by atoms with Gasteiger partial charge in [-0.2, -0.15) is 0 Å². The van der Waals surface area contributed by atoms with Crippen LogP contribution in [-0.2, 0) is 0 Å². The van der Waals surface area contributed by atoms with Crippen LogP contribution in [-0.4, -0.2) is 5.91 Å². The fourth-order valence-electron chi connectivity index (χ4n) is 2.14. The van der Waals surface area contributed by atoms with Crippen molar-refractivity contribution in [3.05, 3.63) is 75.7 Å². The maximum Gasteiger partial charge on any atom is 0.257 e. The molecule has 0 unspecified atom stereocenters. The van der Waals surface area contributed by atoms with Crippen molar-refractivity contribution in [2.45, 2.75) is 0 Å². The lowest BCUT2D eigenvalue weighted by Gasteiger charge is -2.08. The molecule has 0 aliphatic rings. The van der Waals surface area contributed by atoms with Gasteiger partial charge in [0, 0.05) is 10.2 Å². The maximum atomic E-state index is 12.3. The second-order valence-corrected chi connectivity index (χ2v) is 5.85. The van der Waals surface area contributed by atoms with Crippen molar-refractivity contribution in [2.24, 2.45) is 0 Å². The summed E-state index contributed by atoms with van der Waals surface area (Å²) >= 11 is 9.46. The number of halogens is 2. The Morgan fingerprint density at radius 2 is 1.71 bits per heavy atom. The number of fused-ring (bicyclic) bond motifs is 1. The van der Waals surface area contributed by atoms with Crippen LogP contribution in [0.25, 0.3) is 10.8 Å². The van der Waals surface area contributed by atoms with Crippen molar-refractivity contribution in [2.75, 3.05) is 5.32 Å². The van der Waals surface area contributed by atoms with E-state index in [1.54, 1.807) is 18.2 Å². The SMILES string of the molecule is O=C(Nc1ccc2ccccc2c1)c1cccc(Br)c1Cl. The molecule has 104 valence electrons. The summed E-state index contributed by atoms with van der Waals surface area (Å²) in [5, 5.41) is 5.50. The van der Waals surface area contributed by atoms with Gasteiger partial charge in [-0.3, -0.25) is 4.79 Å². The van der Waals surface area contributed by atoms with E-state index < -0.39 is 0 Å². The first kappa shape index (κ1) is 14.1. The van der Waals surface area contributed by atoms with Crippen molar-refractivity contribution in [1.29, 1.82) is 0 Å². The van der Waals surface area contributed by atoms with Gasteiger partial charge in [0.2, 0.25) is 0 Å². The number of nitrogens with one attached hydrogen (secondary N) is 1. The summed E-state index contributed by atoms with van der Waals surface area (Å²) in [6, 6.07) is 19.1. The zero-order valence-corrected chi connectivity index (χ0v) is 13.3. The highest BCUT2D eigenvalue weighted by Gasteiger charge is 2.12. The highest BCUT2D eigenvalue weighted by molar-refractivity contribution is 9.10. The number of hydrogen-bond donors (Lipinski definition) is 1. The largest absolute Gasteiger partial charge is 0.322 e. The quantitative estimate of drug-likeness (QED) is 0.641. The van der Waals surface area contributed by atoms with Crippen LogP contribution in [0.5, 0.6) is 0 Å². The molecule has 4 heteroatoms. The first-order valence-electron chi connectivity index (χ1n) is 6.39. The molecule has 0 radical (unpaired) electrons. The van der Waals surface area contributed by atoms with E-state index in [0.717, 1.165) is 16.5 Å². The average Bonchev–Trinajstić information content (AvgIpc) is 2.50. The van der Waals surface area contributed by atoms with Crippen LogP contribution >= 0.6 is 27.5 Å². The van der Waals surface area contributed by atoms with Gasteiger partial charge in [0.15, 0.2) is 0 Å². The zero-order valence-electron chi connectivity index (χ0n) is 10.9. The van der Waals surface area contributed by atoms with Gasteiger partial charge in [0.05, 0.1) is 10.6 Å². The summed E-state index contributed by atoms with van der Waals surface area (Å²) < 4.78 is 0.704. The van der Waals surface area contributed by atoms with Gasteiger partial charge < -0.3 is 5.32 Å². The van der Waals surface area contributed by atoms with Crippen molar-refractivity contribution in [3.63, 3.8) is 0 Å². The van der Waals surface area contributed by atoms with E-state index in [-0.39, 0.29) is 5.91 Å². The highest BCUT2D eigenvalue weighted by Crippen LogP contribution is 2.27. The van der Waals surface area contributed by atoms with Gasteiger partial charge in [-0.15, -0.1) is 0 Å². The fourth-order valence-corrected chi connectivity index (χ4v) is 2.72. The minimum atomic E-state index is -0.225. The average molecular weight is 361 g/mol. The Bertz CT molecular complexity index is 832. The van der Waals surface area contributed by atoms with Crippen LogP contribution in [0, 0.1) is 0 Å². The van der Waals surface area contributed by atoms with Crippen LogP contribution in [0.3, 0.4) is 0 Å². The number of carbonyl (C=O) groups is 1. The minimum Gasteiger partial charge on any atom is -0.322 e. The van der Waals surface area contributed by atoms with Gasteiger partial charge in [0.1, 0.15) is 0 Å². The molecule has 0 spiro atoms. The van der Waals surface area contributed by atoms with Gasteiger partial charge in [-0.1, -0.05) is 48.0 Å². The lowest BCUT2D eigenvalue weighted by atomic mass is 10.1. The van der Waals surface area contributed by atoms with Crippen molar-refractivity contribution in [3.8, 4) is 0 Å². The highest BCUT2D eigenvalue weighted by atomic mass is 79.9. The van der Waals surface area contributed by atoms with Gasteiger partial charge in [-0.05, 0) is 51.0 Å². The van der Waals surface area contributed by atoms with Crippen LogP contribution in [0.2, 0.25) is 5.02 Å². The Balaban J connectivity index is 1.91. The third-order valence-electron chi connectivity index (χ3n) is 3.20. The number of carbonyl (C=O) groups excluding carboxylic acids is 1. The van der Waals surface area contributed by atoms with Crippen molar-refractivity contribution in [1.82, 2.24) is 0 Å². The molecule has 0 fully saturated rings. The Morgan fingerprint density at radius 3 is 2.52 bits per heavy atom. The second-order valence-electron chi connectivity index (χ2n) is 4.62. The van der Waals surface area contributed by atoms with Gasteiger partial charge in [-0.25, -0.2) is 0 Å². The number of hydrogen-bond acceptors (Lipinski definition) is 1. The Hall–Kier alpha value is -1.84. The van der Waals surface area contributed by atoms with Gasteiger partial charge in [0.25, 0.3) is 5.91 Å².